The third-order valence-electron chi connectivity index (χ3n) is 1.73. The van der Waals surface area contributed by atoms with Crippen LogP contribution in [0.1, 0.15) is 6.92 Å². The third-order valence-corrected chi connectivity index (χ3v) is 1.73. The second-order valence-electron chi connectivity index (χ2n) is 2.82. The second-order valence-corrected chi connectivity index (χ2v) is 2.82. The van der Waals surface area contributed by atoms with Crippen LogP contribution in [0.25, 0.3) is 0 Å². The Kier molecular flexibility index (Phi) is 3.58. The minimum atomic E-state index is 0.0105. The average Bonchev–Trinajstić information content (AvgIpc) is 2.18. The largest absolute Gasteiger partial charge is 0.493 e. The Hall–Kier alpha value is -1.22. The van der Waals surface area contributed by atoms with Gasteiger partial charge in [0.2, 0.25) is 0 Å². The summed E-state index contributed by atoms with van der Waals surface area (Å²) >= 11 is 0. The standard InChI is InChI=1S/C10H15NO2/c1-8(7-11)13-10-6-4-3-5-9(10)12-2/h3-6,8H,7,11H2,1-2H3/t8-/m1/s1. The number of hydrogen-bond donors (Lipinski definition) is 1. The molecule has 1 rings (SSSR count). The summed E-state index contributed by atoms with van der Waals surface area (Å²) in [6.07, 6.45) is 0.0105. The van der Waals surface area contributed by atoms with E-state index in [-0.39, 0.29) is 6.10 Å². The Morgan fingerprint density at radius 3 is 2.46 bits per heavy atom. The molecule has 0 unspecified atom stereocenters. The molecule has 0 spiro atoms. The van der Waals surface area contributed by atoms with Crippen LogP contribution in [0.5, 0.6) is 11.5 Å². The Morgan fingerprint density at radius 1 is 1.31 bits per heavy atom. The fourth-order valence-electron chi connectivity index (χ4n) is 0.981. The summed E-state index contributed by atoms with van der Waals surface area (Å²) in [7, 11) is 1.62. The normalized spacial score (nSPS) is 12.2. The maximum absolute atomic E-state index is 5.54. The van der Waals surface area contributed by atoms with Crippen molar-refractivity contribution < 1.29 is 9.47 Å². The lowest BCUT2D eigenvalue weighted by Gasteiger charge is -2.14. The molecule has 0 saturated heterocycles. The second kappa shape index (κ2) is 4.72. The van der Waals surface area contributed by atoms with Gasteiger partial charge in [0.25, 0.3) is 0 Å². The Bertz CT molecular complexity index is 263. The van der Waals surface area contributed by atoms with Crippen molar-refractivity contribution in [2.24, 2.45) is 5.73 Å². The zero-order valence-electron chi connectivity index (χ0n) is 7.99. The first kappa shape index (κ1) is 9.86. The number of para-hydroxylation sites is 2. The van der Waals surface area contributed by atoms with E-state index < -0.39 is 0 Å². The van der Waals surface area contributed by atoms with Crippen LogP contribution < -0.4 is 15.2 Å². The minimum Gasteiger partial charge on any atom is -0.493 e. The van der Waals surface area contributed by atoms with Gasteiger partial charge < -0.3 is 15.2 Å². The molecule has 0 fully saturated rings. The predicted octanol–water partition coefficient (Wildman–Crippen LogP) is 1.42. The van der Waals surface area contributed by atoms with E-state index in [4.69, 9.17) is 15.2 Å². The van der Waals surface area contributed by atoms with Crippen molar-refractivity contribution in [3.05, 3.63) is 24.3 Å². The lowest BCUT2D eigenvalue weighted by atomic mass is 10.3. The van der Waals surface area contributed by atoms with Crippen molar-refractivity contribution in [3.8, 4) is 11.5 Å². The summed E-state index contributed by atoms with van der Waals surface area (Å²) < 4.78 is 10.7. The molecule has 0 aliphatic rings. The van der Waals surface area contributed by atoms with Gasteiger partial charge in [-0.2, -0.15) is 0 Å². The maximum atomic E-state index is 5.54. The summed E-state index contributed by atoms with van der Waals surface area (Å²) in [5.41, 5.74) is 5.45. The van der Waals surface area contributed by atoms with Crippen LogP contribution in [-0.2, 0) is 0 Å². The first-order chi connectivity index (χ1) is 6.27. The van der Waals surface area contributed by atoms with Crippen LogP contribution in [0.2, 0.25) is 0 Å². The van der Waals surface area contributed by atoms with Gasteiger partial charge in [-0.15, -0.1) is 0 Å². The molecule has 0 aromatic heterocycles. The summed E-state index contributed by atoms with van der Waals surface area (Å²) in [6.45, 7) is 2.42. The van der Waals surface area contributed by atoms with Crippen molar-refractivity contribution >= 4 is 0 Å². The zero-order chi connectivity index (χ0) is 9.68. The number of benzene rings is 1. The van der Waals surface area contributed by atoms with Gasteiger partial charge >= 0.3 is 0 Å². The van der Waals surface area contributed by atoms with E-state index in [0.29, 0.717) is 6.54 Å². The molecule has 0 heterocycles. The number of ether oxygens (including phenoxy) is 2. The lowest BCUT2D eigenvalue weighted by Crippen LogP contribution is -2.22. The lowest BCUT2D eigenvalue weighted by molar-refractivity contribution is 0.219. The highest BCUT2D eigenvalue weighted by atomic mass is 16.5. The number of nitrogens with two attached hydrogens (primary N) is 1. The first-order valence-corrected chi connectivity index (χ1v) is 4.27. The van der Waals surface area contributed by atoms with Crippen LogP contribution >= 0.6 is 0 Å². The van der Waals surface area contributed by atoms with Crippen molar-refractivity contribution in [1.29, 1.82) is 0 Å². The molecule has 72 valence electrons. The molecular formula is C10H15NO2. The summed E-state index contributed by atoms with van der Waals surface area (Å²) in [5, 5.41) is 0. The zero-order valence-corrected chi connectivity index (χ0v) is 7.99. The van der Waals surface area contributed by atoms with E-state index in [2.05, 4.69) is 0 Å². The van der Waals surface area contributed by atoms with Crippen LogP contribution in [0.4, 0.5) is 0 Å². The van der Waals surface area contributed by atoms with Gasteiger partial charge in [0.1, 0.15) is 6.10 Å². The molecule has 2 N–H and O–H groups in total. The van der Waals surface area contributed by atoms with Gasteiger partial charge in [-0.05, 0) is 19.1 Å². The summed E-state index contributed by atoms with van der Waals surface area (Å²) in [6, 6.07) is 7.53. The fourth-order valence-corrected chi connectivity index (χ4v) is 0.981. The van der Waals surface area contributed by atoms with Gasteiger partial charge in [0, 0.05) is 6.54 Å². The fraction of sp³-hybridized carbons (Fsp3) is 0.400. The molecule has 0 aliphatic carbocycles. The van der Waals surface area contributed by atoms with Gasteiger partial charge in [0.15, 0.2) is 11.5 Å². The molecule has 3 nitrogen and oxygen atoms in total. The van der Waals surface area contributed by atoms with Crippen LogP contribution in [-0.4, -0.2) is 19.8 Å². The maximum Gasteiger partial charge on any atom is 0.161 e. The third kappa shape index (κ3) is 2.63. The smallest absolute Gasteiger partial charge is 0.161 e. The van der Waals surface area contributed by atoms with Crippen molar-refractivity contribution in [2.45, 2.75) is 13.0 Å². The minimum absolute atomic E-state index is 0.0105. The van der Waals surface area contributed by atoms with E-state index in [1.165, 1.54) is 0 Å². The van der Waals surface area contributed by atoms with E-state index in [1.807, 2.05) is 31.2 Å². The topological polar surface area (TPSA) is 44.5 Å². The number of methoxy groups -OCH3 is 1. The van der Waals surface area contributed by atoms with Crippen molar-refractivity contribution in [1.82, 2.24) is 0 Å². The van der Waals surface area contributed by atoms with Gasteiger partial charge in [-0.1, -0.05) is 12.1 Å². The average molecular weight is 181 g/mol. The Labute approximate surface area is 78.5 Å². The van der Waals surface area contributed by atoms with E-state index >= 15 is 0 Å². The SMILES string of the molecule is COc1ccccc1O[C@H](C)CN. The molecule has 1 atom stereocenters. The quantitative estimate of drug-likeness (QED) is 0.764. The molecule has 0 aliphatic heterocycles. The van der Waals surface area contributed by atoms with Gasteiger partial charge in [0.05, 0.1) is 7.11 Å². The Morgan fingerprint density at radius 2 is 1.92 bits per heavy atom. The summed E-state index contributed by atoms with van der Waals surface area (Å²) in [4.78, 5) is 0. The molecule has 3 heteroatoms. The molecular weight excluding hydrogens is 166 g/mol. The van der Waals surface area contributed by atoms with Crippen LogP contribution in [0.3, 0.4) is 0 Å². The van der Waals surface area contributed by atoms with Gasteiger partial charge in [-0.25, -0.2) is 0 Å². The monoisotopic (exact) mass is 181 g/mol. The van der Waals surface area contributed by atoms with Crippen LogP contribution in [0.15, 0.2) is 24.3 Å². The van der Waals surface area contributed by atoms with Gasteiger partial charge in [-0.3, -0.25) is 0 Å². The highest BCUT2D eigenvalue weighted by Crippen LogP contribution is 2.26. The van der Waals surface area contributed by atoms with Crippen molar-refractivity contribution in [2.75, 3.05) is 13.7 Å². The highest BCUT2D eigenvalue weighted by Gasteiger charge is 2.05. The van der Waals surface area contributed by atoms with E-state index in [9.17, 15) is 0 Å². The summed E-state index contributed by atoms with van der Waals surface area (Å²) in [5.74, 6) is 1.48. The highest BCUT2D eigenvalue weighted by molar-refractivity contribution is 5.39. The van der Waals surface area contributed by atoms with E-state index in [1.54, 1.807) is 7.11 Å². The molecule has 13 heavy (non-hydrogen) atoms. The molecule has 1 aromatic carbocycles. The van der Waals surface area contributed by atoms with E-state index in [0.717, 1.165) is 11.5 Å². The predicted molar refractivity (Wildman–Crippen MR) is 52.1 cm³/mol. The molecule has 0 bridgehead atoms. The van der Waals surface area contributed by atoms with Crippen molar-refractivity contribution in [3.63, 3.8) is 0 Å². The molecule has 1 aromatic rings. The Balaban J connectivity index is 2.74. The molecule has 0 saturated carbocycles. The molecule has 0 radical (unpaired) electrons. The first-order valence-electron chi connectivity index (χ1n) is 4.27. The molecule has 0 amide bonds. The number of rotatable bonds is 4. The number of hydrogen-bond acceptors (Lipinski definition) is 3. The van der Waals surface area contributed by atoms with Crippen LogP contribution in [0, 0.1) is 0 Å².